The van der Waals surface area contributed by atoms with Crippen LogP contribution < -0.4 is 0 Å². The number of alkyl halides is 2. The molecule has 100 valence electrons. The molecule has 2 saturated carbocycles. The Hall–Kier alpha value is 0.930. The Labute approximate surface area is 120 Å². The van der Waals surface area contributed by atoms with Gasteiger partial charge in [-0.3, -0.25) is 0 Å². The highest BCUT2D eigenvalue weighted by Crippen LogP contribution is 2.33. The molecule has 0 N–H and O–H groups in total. The highest BCUT2D eigenvalue weighted by atomic mass is 35.5. The molecule has 2 aliphatic carbocycles. The minimum atomic E-state index is 0.468. The van der Waals surface area contributed by atoms with Gasteiger partial charge >= 0.3 is 0 Å². The fourth-order valence-corrected chi connectivity index (χ4v) is 4.95. The molecule has 0 aliphatic heterocycles. The Morgan fingerprint density at radius 2 is 1.00 bits per heavy atom. The van der Waals surface area contributed by atoms with Crippen LogP contribution in [0.4, 0.5) is 0 Å². The van der Waals surface area contributed by atoms with E-state index in [9.17, 15) is 0 Å². The van der Waals surface area contributed by atoms with Crippen molar-refractivity contribution in [2.45, 2.75) is 62.1 Å². The maximum Gasteiger partial charge on any atom is 0.0336 e. The second-order valence-electron chi connectivity index (χ2n) is 5.77. The van der Waals surface area contributed by atoms with E-state index in [4.69, 9.17) is 23.2 Å². The lowest BCUT2D eigenvalue weighted by atomic mass is 9.90. The van der Waals surface area contributed by atoms with Crippen molar-refractivity contribution in [2.75, 3.05) is 11.5 Å². The number of hydrogen-bond donors (Lipinski definition) is 0. The van der Waals surface area contributed by atoms with E-state index < -0.39 is 0 Å². The Bertz CT molecular complexity index is 184. The Balaban J connectivity index is 1.54. The molecule has 0 aromatic carbocycles. The molecule has 0 aromatic heterocycles. The summed E-state index contributed by atoms with van der Waals surface area (Å²) in [7, 11) is 0. The number of thioether (sulfide) groups is 1. The van der Waals surface area contributed by atoms with E-state index in [1.54, 1.807) is 0 Å². The van der Waals surface area contributed by atoms with E-state index in [1.165, 1.54) is 62.9 Å². The van der Waals surface area contributed by atoms with Gasteiger partial charge in [0.1, 0.15) is 0 Å². The van der Waals surface area contributed by atoms with Crippen LogP contribution in [-0.4, -0.2) is 22.3 Å². The first kappa shape index (κ1) is 14.3. The molecule has 0 spiro atoms. The summed E-state index contributed by atoms with van der Waals surface area (Å²) in [6.07, 6.45) is 10.4. The van der Waals surface area contributed by atoms with Gasteiger partial charge in [-0.2, -0.15) is 11.8 Å². The first-order chi connectivity index (χ1) is 8.24. The zero-order valence-electron chi connectivity index (χ0n) is 10.5. The fourth-order valence-electron chi connectivity index (χ4n) is 2.98. The molecule has 0 atom stereocenters. The van der Waals surface area contributed by atoms with E-state index >= 15 is 0 Å². The molecule has 0 nitrogen and oxygen atoms in total. The fraction of sp³-hybridized carbons (Fsp3) is 1.00. The molecule has 2 rings (SSSR count). The molecule has 17 heavy (non-hydrogen) atoms. The summed E-state index contributed by atoms with van der Waals surface area (Å²) < 4.78 is 0. The van der Waals surface area contributed by atoms with Crippen molar-refractivity contribution in [1.82, 2.24) is 0 Å². The largest absolute Gasteiger partial charge is 0.161 e. The van der Waals surface area contributed by atoms with Gasteiger partial charge in [-0.1, -0.05) is 0 Å². The van der Waals surface area contributed by atoms with Gasteiger partial charge in [0, 0.05) is 10.8 Å². The summed E-state index contributed by atoms with van der Waals surface area (Å²) in [6.45, 7) is 0. The Kier molecular flexibility index (Phi) is 6.33. The summed E-state index contributed by atoms with van der Waals surface area (Å²) in [4.78, 5) is 0. The zero-order chi connectivity index (χ0) is 12.1. The molecule has 0 radical (unpaired) electrons. The molecular formula is C14H24Cl2S. The van der Waals surface area contributed by atoms with E-state index in [2.05, 4.69) is 11.8 Å². The van der Waals surface area contributed by atoms with E-state index in [1.807, 2.05) is 0 Å². The second-order valence-corrected chi connectivity index (χ2v) is 8.08. The van der Waals surface area contributed by atoms with Crippen molar-refractivity contribution in [2.24, 2.45) is 11.8 Å². The average Bonchev–Trinajstić information content (AvgIpc) is 2.34. The van der Waals surface area contributed by atoms with Crippen molar-refractivity contribution in [3.8, 4) is 0 Å². The predicted molar refractivity (Wildman–Crippen MR) is 80.5 cm³/mol. The average molecular weight is 295 g/mol. The van der Waals surface area contributed by atoms with Crippen LogP contribution in [0.3, 0.4) is 0 Å². The first-order valence-corrected chi connectivity index (χ1v) is 9.12. The van der Waals surface area contributed by atoms with Gasteiger partial charge in [0.15, 0.2) is 0 Å². The van der Waals surface area contributed by atoms with Crippen LogP contribution >= 0.6 is 35.0 Å². The van der Waals surface area contributed by atoms with Crippen LogP contribution in [-0.2, 0) is 0 Å². The summed E-state index contributed by atoms with van der Waals surface area (Å²) >= 11 is 14.4. The molecule has 3 heteroatoms. The highest BCUT2D eigenvalue weighted by molar-refractivity contribution is 7.99. The van der Waals surface area contributed by atoms with Crippen LogP contribution in [0.2, 0.25) is 0 Å². The van der Waals surface area contributed by atoms with Gasteiger partial charge in [-0.25, -0.2) is 0 Å². The minimum Gasteiger partial charge on any atom is -0.161 e. The minimum absolute atomic E-state index is 0.468. The van der Waals surface area contributed by atoms with Gasteiger partial charge in [0.05, 0.1) is 0 Å². The molecule has 0 saturated heterocycles. The summed E-state index contributed by atoms with van der Waals surface area (Å²) in [5.41, 5.74) is 0. The first-order valence-electron chi connectivity index (χ1n) is 7.10. The molecule has 0 bridgehead atoms. The molecule has 2 fully saturated rings. The number of rotatable bonds is 4. The van der Waals surface area contributed by atoms with Gasteiger partial charge in [-0.05, 0) is 74.7 Å². The lowest BCUT2D eigenvalue weighted by molar-refractivity contribution is 0.388. The van der Waals surface area contributed by atoms with Crippen molar-refractivity contribution in [1.29, 1.82) is 0 Å². The third kappa shape index (κ3) is 5.20. The van der Waals surface area contributed by atoms with Gasteiger partial charge in [-0.15, -0.1) is 23.2 Å². The lowest BCUT2D eigenvalue weighted by Gasteiger charge is -2.27. The molecule has 0 unspecified atom stereocenters. The maximum atomic E-state index is 6.13. The SMILES string of the molecule is ClC1CCC(CSCC2CCC(Cl)CC2)CC1. The summed E-state index contributed by atoms with van der Waals surface area (Å²) in [5.74, 6) is 4.62. The predicted octanol–water partition coefficient (Wildman–Crippen LogP) is 5.31. The molecule has 2 aliphatic rings. The lowest BCUT2D eigenvalue weighted by Crippen LogP contribution is -2.18. The Morgan fingerprint density at radius 1 is 0.647 bits per heavy atom. The van der Waals surface area contributed by atoms with Crippen molar-refractivity contribution in [3.05, 3.63) is 0 Å². The Morgan fingerprint density at radius 3 is 1.35 bits per heavy atom. The van der Waals surface area contributed by atoms with Crippen LogP contribution in [0.1, 0.15) is 51.4 Å². The van der Waals surface area contributed by atoms with Crippen LogP contribution in [0.15, 0.2) is 0 Å². The van der Waals surface area contributed by atoms with Gasteiger partial charge < -0.3 is 0 Å². The van der Waals surface area contributed by atoms with Gasteiger partial charge in [0.25, 0.3) is 0 Å². The third-order valence-electron chi connectivity index (χ3n) is 4.26. The molecule has 0 aromatic rings. The molecular weight excluding hydrogens is 271 g/mol. The van der Waals surface area contributed by atoms with Gasteiger partial charge in [0.2, 0.25) is 0 Å². The number of halogens is 2. The normalized spacial score (nSPS) is 39.2. The van der Waals surface area contributed by atoms with Crippen LogP contribution in [0, 0.1) is 11.8 Å². The van der Waals surface area contributed by atoms with Crippen molar-refractivity contribution in [3.63, 3.8) is 0 Å². The van der Waals surface area contributed by atoms with Crippen molar-refractivity contribution < 1.29 is 0 Å². The zero-order valence-corrected chi connectivity index (χ0v) is 12.9. The monoisotopic (exact) mass is 294 g/mol. The maximum absolute atomic E-state index is 6.13. The van der Waals surface area contributed by atoms with E-state index in [-0.39, 0.29) is 0 Å². The van der Waals surface area contributed by atoms with E-state index in [0.717, 1.165) is 11.8 Å². The van der Waals surface area contributed by atoms with Crippen LogP contribution in [0.25, 0.3) is 0 Å². The summed E-state index contributed by atoms with van der Waals surface area (Å²) in [5, 5.41) is 0.936. The standard InChI is InChI=1S/C14H24Cl2S/c15-13-5-1-11(2-6-13)9-17-10-12-3-7-14(16)8-4-12/h11-14H,1-10H2. The highest BCUT2D eigenvalue weighted by Gasteiger charge is 2.22. The topological polar surface area (TPSA) is 0 Å². The van der Waals surface area contributed by atoms with Crippen molar-refractivity contribution >= 4 is 35.0 Å². The quantitative estimate of drug-likeness (QED) is 0.633. The number of hydrogen-bond acceptors (Lipinski definition) is 1. The second kappa shape index (κ2) is 7.50. The van der Waals surface area contributed by atoms with Crippen LogP contribution in [0.5, 0.6) is 0 Å². The molecule has 0 heterocycles. The smallest absolute Gasteiger partial charge is 0.0336 e. The van der Waals surface area contributed by atoms with E-state index in [0.29, 0.717) is 10.8 Å². The summed E-state index contributed by atoms with van der Waals surface area (Å²) in [6, 6.07) is 0. The third-order valence-corrected chi connectivity index (χ3v) is 6.55. The molecule has 0 amide bonds.